The summed E-state index contributed by atoms with van der Waals surface area (Å²) in [4.78, 5) is 4.72. The van der Waals surface area contributed by atoms with Gasteiger partial charge >= 0.3 is 0 Å². The van der Waals surface area contributed by atoms with E-state index in [1.165, 1.54) is 0 Å². The first-order chi connectivity index (χ1) is 10.1. The van der Waals surface area contributed by atoms with Crippen LogP contribution in [0.3, 0.4) is 0 Å². The fourth-order valence-corrected chi connectivity index (χ4v) is 3.59. The van der Waals surface area contributed by atoms with Crippen LogP contribution in [0.4, 0.5) is 0 Å². The van der Waals surface area contributed by atoms with Crippen LogP contribution in [0.25, 0.3) is 0 Å². The van der Waals surface area contributed by atoms with Crippen LogP contribution in [0.2, 0.25) is 0 Å². The quantitative estimate of drug-likeness (QED) is 0.900. The lowest BCUT2D eigenvalue weighted by Crippen LogP contribution is -2.10. The van der Waals surface area contributed by atoms with Crippen LogP contribution in [0.1, 0.15) is 24.0 Å². The molecule has 0 bridgehead atoms. The molecule has 112 valence electrons. The highest BCUT2D eigenvalue weighted by Gasteiger charge is 2.22. The van der Waals surface area contributed by atoms with E-state index >= 15 is 0 Å². The number of ether oxygens (including phenoxy) is 1. The largest absolute Gasteiger partial charge is 0.381 e. The van der Waals surface area contributed by atoms with E-state index in [0.29, 0.717) is 23.7 Å². The van der Waals surface area contributed by atoms with Crippen LogP contribution in [-0.4, -0.2) is 42.6 Å². The van der Waals surface area contributed by atoms with Gasteiger partial charge in [0.15, 0.2) is 15.7 Å². The summed E-state index contributed by atoms with van der Waals surface area (Å²) in [6.45, 7) is 1.37. The minimum atomic E-state index is -3.28. The van der Waals surface area contributed by atoms with Gasteiger partial charge in [0, 0.05) is 18.9 Å². The van der Waals surface area contributed by atoms with Crippen molar-refractivity contribution in [3.8, 4) is 0 Å². The van der Waals surface area contributed by atoms with Crippen molar-refractivity contribution in [2.75, 3.05) is 19.0 Å². The van der Waals surface area contributed by atoms with Crippen molar-refractivity contribution in [2.24, 2.45) is 0 Å². The second kappa shape index (κ2) is 5.95. The monoisotopic (exact) mass is 307 g/mol. The van der Waals surface area contributed by atoms with Gasteiger partial charge in [0.25, 0.3) is 0 Å². The van der Waals surface area contributed by atoms with Crippen LogP contribution < -0.4 is 0 Å². The number of rotatable bonds is 5. The number of nitrogens with one attached hydrogen (secondary N) is 1. The topological polar surface area (TPSA) is 84.9 Å². The van der Waals surface area contributed by atoms with Gasteiger partial charge in [0.2, 0.25) is 0 Å². The molecule has 1 aromatic carbocycles. The summed E-state index contributed by atoms with van der Waals surface area (Å²) in [6.07, 6.45) is 1.25. The van der Waals surface area contributed by atoms with E-state index in [2.05, 4.69) is 15.2 Å². The number of hydrogen-bond donors (Lipinski definition) is 1. The minimum Gasteiger partial charge on any atom is -0.381 e. The van der Waals surface area contributed by atoms with Gasteiger partial charge in [-0.15, -0.1) is 0 Å². The maximum atomic E-state index is 12.2. The average molecular weight is 307 g/mol. The SMILES string of the molecule is O=S(=O)(CCc1nc([C@H]2CCOC2)n[nH]1)c1ccccc1. The van der Waals surface area contributed by atoms with Crippen molar-refractivity contribution in [1.82, 2.24) is 15.2 Å². The van der Waals surface area contributed by atoms with Gasteiger partial charge in [-0.3, -0.25) is 5.10 Å². The van der Waals surface area contributed by atoms with Crippen LogP contribution in [0.15, 0.2) is 35.2 Å². The van der Waals surface area contributed by atoms with E-state index in [9.17, 15) is 8.42 Å². The number of hydrogen-bond acceptors (Lipinski definition) is 5. The van der Waals surface area contributed by atoms with Gasteiger partial charge in [0.1, 0.15) is 5.82 Å². The Balaban J connectivity index is 1.65. The molecule has 1 atom stereocenters. The number of nitrogens with zero attached hydrogens (tertiary/aromatic N) is 2. The van der Waals surface area contributed by atoms with E-state index in [-0.39, 0.29) is 11.7 Å². The Labute approximate surface area is 123 Å². The summed E-state index contributed by atoms with van der Waals surface area (Å²) in [7, 11) is -3.28. The molecule has 3 rings (SSSR count). The molecule has 1 aromatic heterocycles. The molecular formula is C14H17N3O3S. The Kier molecular flexibility index (Phi) is 4.03. The van der Waals surface area contributed by atoms with Gasteiger partial charge in [-0.2, -0.15) is 5.10 Å². The molecule has 21 heavy (non-hydrogen) atoms. The third kappa shape index (κ3) is 3.30. The van der Waals surface area contributed by atoms with E-state index in [4.69, 9.17) is 4.74 Å². The van der Waals surface area contributed by atoms with Crippen LogP contribution in [0, 0.1) is 0 Å². The predicted octanol–water partition coefficient (Wildman–Crippen LogP) is 1.32. The molecule has 0 amide bonds. The number of sulfone groups is 1. The highest BCUT2D eigenvalue weighted by molar-refractivity contribution is 7.91. The normalized spacial score (nSPS) is 19.0. The number of aryl methyl sites for hydroxylation is 1. The summed E-state index contributed by atoms with van der Waals surface area (Å²) < 4.78 is 29.7. The minimum absolute atomic E-state index is 0.0206. The van der Waals surface area contributed by atoms with Crippen molar-refractivity contribution < 1.29 is 13.2 Å². The molecular weight excluding hydrogens is 290 g/mol. The Morgan fingerprint density at radius 3 is 2.81 bits per heavy atom. The van der Waals surface area contributed by atoms with Gasteiger partial charge in [-0.25, -0.2) is 13.4 Å². The molecule has 0 saturated carbocycles. The highest BCUT2D eigenvalue weighted by Crippen LogP contribution is 2.22. The standard InChI is InChI=1S/C14H17N3O3S/c18-21(19,12-4-2-1-3-5-12)9-7-13-15-14(17-16-13)11-6-8-20-10-11/h1-5,11H,6-10H2,(H,15,16,17)/t11-/m0/s1. The van der Waals surface area contributed by atoms with Crippen LogP contribution in [0.5, 0.6) is 0 Å². The molecule has 1 saturated heterocycles. The molecule has 6 nitrogen and oxygen atoms in total. The average Bonchev–Trinajstić information content (AvgIpc) is 3.17. The molecule has 0 aliphatic carbocycles. The summed E-state index contributed by atoms with van der Waals surface area (Å²) in [6, 6.07) is 8.46. The lowest BCUT2D eigenvalue weighted by Gasteiger charge is -2.02. The van der Waals surface area contributed by atoms with Gasteiger partial charge in [-0.1, -0.05) is 18.2 Å². The van der Waals surface area contributed by atoms with Crippen molar-refractivity contribution >= 4 is 9.84 Å². The number of aromatic amines is 1. The fraction of sp³-hybridized carbons (Fsp3) is 0.429. The third-order valence-corrected chi connectivity index (χ3v) is 5.29. The summed E-state index contributed by atoms with van der Waals surface area (Å²) in [5.74, 6) is 1.57. The Morgan fingerprint density at radius 1 is 1.29 bits per heavy atom. The number of aromatic nitrogens is 3. The molecule has 7 heteroatoms. The zero-order chi connectivity index (χ0) is 14.7. The van der Waals surface area contributed by atoms with Crippen molar-refractivity contribution in [2.45, 2.75) is 23.7 Å². The van der Waals surface area contributed by atoms with Gasteiger partial charge < -0.3 is 4.74 Å². The number of H-pyrrole nitrogens is 1. The van der Waals surface area contributed by atoms with E-state index in [0.717, 1.165) is 18.9 Å². The van der Waals surface area contributed by atoms with E-state index in [1.54, 1.807) is 30.3 Å². The fourth-order valence-electron chi connectivity index (χ4n) is 2.32. The third-order valence-electron chi connectivity index (χ3n) is 3.55. The maximum Gasteiger partial charge on any atom is 0.178 e. The molecule has 0 radical (unpaired) electrons. The summed E-state index contributed by atoms with van der Waals surface area (Å²) in [5, 5.41) is 6.99. The van der Waals surface area contributed by atoms with Crippen molar-refractivity contribution in [3.05, 3.63) is 42.0 Å². The molecule has 1 N–H and O–H groups in total. The molecule has 1 fully saturated rings. The molecule has 0 spiro atoms. The van der Waals surface area contributed by atoms with Crippen LogP contribution >= 0.6 is 0 Å². The number of benzene rings is 1. The zero-order valence-electron chi connectivity index (χ0n) is 11.5. The summed E-state index contributed by atoms with van der Waals surface area (Å²) in [5.41, 5.74) is 0. The first-order valence-electron chi connectivity index (χ1n) is 6.92. The first kappa shape index (κ1) is 14.2. The van der Waals surface area contributed by atoms with Gasteiger partial charge in [0.05, 0.1) is 17.3 Å². The molecule has 0 unspecified atom stereocenters. The second-order valence-corrected chi connectivity index (χ2v) is 7.19. The Bertz CT molecular complexity index is 691. The molecule has 2 heterocycles. The van der Waals surface area contributed by atoms with E-state index in [1.807, 2.05) is 0 Å². The lowest BCUT2D eigenvalue weighted by molar-refractivity contribution is 0.193. The van der Waals surface area contributed by atoms with Crippen LogP contribution in [-0.2, 0) is 21.0 Å². The highest BCUT2D eigenvalue weighted by atomic mass is 32.2. The smallest absolute Gasteiger partial charge is 0.178 e. The Hall–Kier alpha value is -1.73. The molecule has 1 aliphatic heterocycles. The van der Waals surface area contributed by atoms with Gasteiger partial charge in [-0.05, 0) is 18.6 Å². The maximum absolute atomic E-state index is 12.2. The van der Waals surface area contributed by atoms with Crippen molar-refractivity contribution in [3.63, 3.8) is 0 Å². The zero-order valence-corrected chi connectivity index (χ0v) is 12.3. The molecule has 2 aromatic rings. The van der Waals surface area contributed by atoms with Crippen molar-refractivity contribution in [1.29, 1.82) is 0 Å². The van der Waals surface area contributed by atoms with E-state index < -0.39 is 9.84 Å². The summed E-state index contributed by atoms with van der Waals surface area (Å²) >= 11 is 0. The predicted molar refractivity (Wildman–Crippen MR) is 76.8 cm³/mol. The second-order valence-electron chi connectivity index (χ2n) is 5.08. The first-order valence-corrected chi connectivity index (χ1v) is 8.57. The molecule has 1 aliphatic rings. The Morgan fingerprint density at radius 2 is 2.10 bits per heavy atom. The lowest BCUT2D eigenvalue weighted by atomic mass is 10.1.